The summed E-state index contributed by atoms with van der Waals surface area (Å²) in [6.45, 7) is 9.45. The van der Waals surface area contributed by atoms with Gasteiger partial charge in [-0.1, -0.05) is 6.92 Å². The fraction of sp³-hybridized carbons (Fsp3) is 0.929. The van der Waals surface area contributed by atoms with E-state index in [1.807, 2.05) is 27.7 Å². The Balaban J connectivity index is 3.65. The van der Waals surface area contributed by atoms with Gasteiger partial charge >= 0.3 is 0 Å². The van der Waals surface area contributed by atoms with Gasteiger partial charge < -0.3 is 19.5 Å². The van der Waals surface area contributed by atoms with Crippen LogP contribution in [0.2, 0.25) is 0 Å². The molecule has 5 heteroatoms. The number of amides is 1. The predicted molar refractivity (Wildman–Crippen MR) is 75.2 cm³/mol. The SMILES string of the molecule is CCCC(=O)NC(C)COC(C)CO[C@H](C)COC. The molecule has 0 radical (unpaired) electrons. The van der Waals surface area contributed by atoms with Crippen molar-refractivity contribution in [3.8, 4) is 0 Å². The van der Waals surface area contributed by atoms with E-state index in [-0.39, 0.29) is 24.2 Å². The average Bonchev–Trinajstić information content (AvgIpc) is 2.34. The zero-order valence-corrected chi connectivity index (χ0v) is 12.9. The Labute approximate surface area is 117 Å². The summed E-state index contributed by atoms with van der Waals surface area (Å²) in [4.78, 5) is 11.4. The second-order valence-corrected chi connectivity index (χ2v) is 4.96. The fourth-order valence-corrected chi connectivity index (χ4v) is 1.56. The van der Waals surface area contributed by atoms with Gasteiger partial charge in [0.15, 0.2) is 0 Å². The molecule has 0 fully saturated rings. The van der Waals surface area contributed by atoms with E-state index < -0.39 is 0 Å². The van der Waals surface area contributed by atoms with Gasteiger partial charge in [-0.3, -0.25) is 4.79 Å². The first-order valence-corrected chi connectivity index (χ1v) is 7.01. The maximum absolute atomic E-state index is 11.4. The Morgan fingerprint density at radius 1 is 1.05 bits per heavy atom. The molecule has 0 saturated carbocycles. The van der Waals surface area contributed by atoms with Crippen LogP contribution in [-0.2, 0) is 19.0 Å². The number of hydrogen-bond acceptors (Lipinski definition) is 4. The summed E-state index contributed by atoms with van der Waals surface area (Å²) in [7, 11) is 1.65. The number of carbonyl (C=O) groups is 1. The van der Waals surface area contributed by atoms with Gasteiger partial charge in [0.2, 0.25) is 5.91 Å². The third-order valence-corrected chi connectivity index (χ3v) is 2.53. The van der Waals surface area contributed by atoms with Crippen molar-refractivity contribution in [2.45, 2.75) is 58.8 Å². The van der Waals surface area contributed by atoms with Crippen LogP contribution in [0.15, 0.2) is 0 Å². The number of carbonyl (C=O) groups excluding carboxylic acids is 1. The molecule has 0 aliphatic heterocycles. The minimum atomic E-state index is 0.00448. The monoisotopic (exact) mass is 275 g/mol. The highest BCUT2D eigenvalue weighted by Crippen LogP contribution is 1.99. The lowest BCUT2D eigenvalue weighted by molar-refractivity contribution is -0.122. The highest BCUT2D eigenvalue weighted by atomic mass is 16.6. The van der Waals surface area contributed by atoms with E-state index in [4.69, 9.17) is 14.2 Å². The summed E-state index contributed by atoms with van der Waals surface area (Å²) in [5.41, 5.74) is 0. The Hall–Kier alpha value is -0.650. The Morgan fingerprint density at radius 2 is 1.63 bits per heavy atom. The van der Waals surface area contributed by atoms with Gasteiger partial charge in [-0.15, -0.1) is 0 Å². The number of rotatable bonds is 11. The van der Waals surface area contributed by atoms with Gasteiger partial charge in [-0.05, 0) is 27.2 Å². The van der Waals surface area contributed by atoms with Gasteiger partial charge in [0.1, 0.15) is 0 Å². The van der Waals surface area contributed by atoms with Crippen LogP contribution in [0.25, 0.3) is 0 Å². The fourth-order valence-electron chi connectivity index (χ4n) is 1.56. The average molecular weight is 275 g/mol. The second kappa shape index (κ2) is 11.2. The maximum Gasteiger partial charge on any atom is 0.220 e. The van der Waals surface area contributed by atoms with Crippen molar-refractivity contribution in [2.75, 3.05) is 26.9 Å². The highest BCUT2D eigenvalue weighted by molar-refractivity contribution is 5.76. The molecular formula is C14H29NO4. The van der Waals surface area contributed by atoms with Crippen LogP contribution in [0.4, 0.5) is 0 Å². The van der Waals surface area contributed by atoms with Crippen molar-refractivity contribution in [1.29, 1.82) is 0 Å². The van der Waals surface area contributed by atoms with Crippen LogP contribution >= 0.6 is 0 Å². The number of nitrogens with one attached hydrogen (secondary N) is 1. The van der Waals surface area contributed by atoms with Gasteiger partial charge in [0, 0.05) is 19.6 Å². The molecule has 2 unspecified atom stereocenters. The van der Waals surface area contributed by atoms with E-state index in [0.717, 1.165) is 6.42 Å². The lowest BCUT2D eigenvalue weighted by Gasteiger charge is -2.20. The van der Waals surface area contributed by atoms with Gasteiger partial charge in [-0.2, -0.15) is 0 Å². The van der Waals surface area contributed by atoms with Crippen LogP contribution in [0.3, 0.4) is 0 Å². The molecule has 0 rings (SSSR count). The largest absolute Gasteiger partial charge is 0.382 e. The van der Waals surface area contributed by atoms with Crippen LogP contribution in [0.1, 0.15) is 40.5 Å². The molecule has 1 amide bonds. The molecule has 0 aromatic heterocycles. The van der Waals surface area contributed by atoms with E-state index in [2.05, 4.69) is 5.32 Å². The molecule has 0 aromatic rings. The van der Waals surface area contributed by atoms with E-state index >= 15 is 0 Å². The van der Waals surface area contributed by atoms with Crippen molar-refractivity contribution < 1.29 is 19.0 Å². The van der Waals surface area contributed by atoms with Crippen LogP contribution in [-0.4, -0.2) is 51.1 Å². The van der Waals surface area contributed by atoms with Crippen molar-refractivity contribution in [1.82, 2.24) is 5.32 Å². The molecule has 0 aliphatic rings. The zero-order valence-electron chi connectivity index (χ0n) is 12.9. The Morgan fingerprint density at radius 3 is 2.21 bits per heavy atom. The minimum Gasteiger partial charge on any atom is -0.382 e. The molecule has 0 spiro atoms. The summed E-state index contributed by atoms with van der Waals surface area (Å²) >= 11 is 0. The first-order chi connectivity index (χ1) is 8.99. The second-order valence-electron chi connectivity index (χ2n) is 4.96. The minimum absolute atomic E-state index is 0.00448. The molecule has 5 nitrogen and oxygen atoms in total. The molecule has 114 valence electrons. The maximum atomic E-state index is 11.4. The van der Waals surface area contributed by atoms with Crippen molar-refractivity contribution >= 4 is 5.91 Å². The highest BCUT2D eigenvalue weighted by Gasteiger charge is 2.10. The molecule has 0 aromatic carbocycles. The summed E-state index contributed by atoms with van der Waals surface area (Å²) in [5.74, 6) is 0.0798. The van der Waals surface area contributed by atoms with E-state index in [1.165, 1.54) is 0 Å². The quantitative estimate of drug-likeness (QED) is 0.624. The molecule has 0 aliphatic carbocycles. The van der Waals surface area contributed by atoms with Crippen LogP contribution in [0.5, 0.6) is 0 Å². The van der Waals surface area contributed by atoms with Crippen LogP contribution < -0.4 is 5.32 Å². The van der Waals surface area contributed by atoms with E-state index in [9.17, 15) is 4.79 Å². The third kappa shape index (κ3) is 10.9. The lowest BCUT2D eigenvalue weighted by Crippen LogP contribution is -2.37. The van der Waals surface area contributed by atoms with Gasteiger partial charge in [0.05, 0.1) is 32.0 Å². The normalized spacial score (nSPS) is 15.8. The molecular weight excluding hydrogens is 246 g/mol. The summed E-state index contributed by atoms with van der Waals surface area (Å²) in [6, 6.07) is 0.0258. The first kappa shape index (κ1) is 18.4. The van der Waals surface area contributed by atoms with Gasteiger partial charge in [0.25, 0.3) is 0 Å². The summed E-state index contributed by atoms with van der Waals surface area (Å²) in [5, 5.41) is 2.90. The van der Waals surface area contributed by atoms with Crippen molar-refractivity contribution in [3.05, 3.63) is 0 Å². The zero-order chi connectivity index (χ0) is 14.7. The predicted octanol–water partition coefficient (Wildman–Crippen LogP) is 1.75. The molecule has 19 heavy (non-hydrogen) atoms. The topological polar surface area (TPSA) is 56.8 Å². The Bertz CT molecular complexity index is 235. The molecule has 3 atom stereocenters. The van der Waals surface area contributed by atoms with E-state index in [0.29, 0.717) is 26.2 Å². The molecule has 0 saturated heterocycles. The first-order valence-electron chi connectivity index (χ1n) is 7.01. The molecule has 1 N–H and O–H groups in total. The smallest absolute Gasteiger partial charge is 0.220 e. The number of hydrogen-bond donors (Lipinski definition) is 1. The van der Waals surface area contributed by atoms with Gasteiger partial charge in [-0.25, -0.2) is 0 Å². The van der Waals surface area contributed by atoms with Crippen molar-refractivity contribution in [3.63, 3.8) is 0 Å². The third-order valence-electron chi connectivity index (χ3n) is 2.53. The number of methoxy groups -OCH3 is 1. The van der Waals surface area contributed by atoms with E-state index in [1.54, 1.807) is 7.11 Å². The summed E-state index contributed by atoms with van der Waals surface area (Å²) in [6.07, 6.45) is 1.50. The standard InChI is InChI=1S/C14H29NO4/c1-6-7-14(16)15-11(2)8-18-13(4)10-19-12(3)9-17-5/h11-13H,6-10H2,1-5H3,(H,15,16)/t11?,12-,13?/m1/s1. The van der Waals surface area contributed by atoms with Crippen molar-refractivity contribution in [2.24, 2.45) is 0 Å². The molecule has 0 heterocycles. The lowest BCUT2D eigenvalue weighted by atomic mass is 10.3. The summed E-state index contributed by atoms with van der Waals surface area (Å²) < 4.78 is 16.2. The number of ether oxygens (including phenoxy) is 3. The van der Waals surface area contributed by atoms with Crippen LogP contribution in [0, 0.1) is 0 Å². The Kier molecular flexibility index (Phi) is 10.8. The molecule has 0 bridgehead atoms.